The van der Waals surface area contributed by atoms with Crippen LogP contribution in [0.4, 0.5) is 0 Å². The van der Waals surface area contributed by atoms with E-state index in [1.165, 1.54) is 7.11 Å². The van der Waals surface area contributed by atoms with Crippen LogP contribution in [0.3, 0.4) is 0 Å². The summed E-state index contributed by atoms with van der Waals surface area (Å²) < 4.78 is 29.0. The van der Waals surface area contributed by atoms with Crippen LogP contribution in [0.15, 0.2) is 30.3 Å². The highest BCUT2D eigenvalue weighted by Crippen LogP contribution is 2.37. The average Bonchev–Trinajstić information content (AvgIpc) is 2.68. The summed E-state index contributed by atoms with van der Waals surface area (Å²) in [7, 11) is -2.23. The largest absolute Gasteiger partial charge is 0.368 e. The van der Waals surface area contributed by atoms with E-state index in [0.717, 1.165) is 4.90 Å². The molecule has 0 spiro atoms. The molecular weight excluding hydrogens is 282 g/mol. The third-order valence-electron chi connectivity index (χ3n) is 3.74. The number of carbonyl (C=O) groups excluding carboxylic acids is 2. The number of hydrogen-bond acceptors (Lipinski definition) is 5. The van der Waals surface area contributed by atoms with Crippen molar-refractivity contribution < 1.29 is 22.7 Å². The highest BCUT2D eigenvalue weighted by Gasteiger charge is 2.64. The Bertz CT molecular complexity index is 669. The Balaban J connectivity index is 1.94. The van der Waals surface area contributed by atoms with Crippen LogP contribution in [0.5, 0.6) is 0 Å². The molecule has 2 heterocycles. The number of hydrogen-bond donors (Lipinski definition) is 0. The Morgan fingerprint density at radius 3 is 2.55 bits per heavy atom. The fourth-order valence-corrected chi connectivity index (χ4v) is 4.91. The maximum Gasteiger partial charge on any atom is 0.256 e. The van der Waals surface area contributed by atoms with Crippen molar-refractivity contribution in [2.75, 3.05) is 12.9 Å². The fraction of sp³-hybridized carbons (Fsp3) is 0.385. The van der Waals surface area contributed by atoms with E-state index in [9.17, 15) is 18.0 Å². The number of ketones is 1. The van der Waals surface area contributed by atoms with E-state index in [0.29, 0.717) is 5.56 Å². The van der Waals surface area contributed by atoms with Crippen LogP contribution in [0.2, 0.25) is 0 Å². The van der Waals surface area contributed by atoms with Gasteiger partial charge in [-0.05, 0) is 0 Å². The van der Waals surface area contributed by atoms with Gasteiger partial charge in [0.05, 0.1) is 5.75 Å². The van der Waals surface area contributed by atoms with E-state index in [2.05, 4.69) is 0 Å². The van der Waals surface area contributed by atoms with Gasteiger partial charge in [-0.25, -0.2) is 8.42 Å². The molecule has 1 aromatic rings. The van der Waals surface area contributed by atoms with Crippen molar-refractivity contribution >= 4 is 21.5 Å². The van der Waals surface area contributed by atoms with Gasteiger partial charge in [-0.3, -0.25) is 9.59 Å². The number of methoxy groups -OCH3 is 1. The average molecular weight is 295 g/mol. The van der Waals surface area contributed by atoms with Gasteiger partial charge in [0.2, 0.25) is 0 Å². The van der Waals surface area contributed by atoms with Crippen LogP contribution in [-0.4, -0.2) is 55.4 Å². The van der Waals surface area contributed by atoms with Crippen molar-refractivity contribution in [1.82, 2.24) is 4.90 Å². The number of ether oxygens (including phenoxy) is 1. The summed E-state index contributed by atoms with van der Waals surface area (Å²) in [6.45, 7) is 0. The molecule has 0 saturated carbocycles. The van der Waals surface area contributed by atoms with Gasteiger partial charge < -0.3 is 9.64 Å². The predicted molar refractivity (Wildman–Crippen MR) is 69.8 cm³/mol. The van der Waals surface area contributed by atoms with Gasteiger partial charge in [-0.1, -0.05) is 30.3 Å². The second-order valence-corrected chi connectivity index (χ2v) is 7.01. The number of rotatable bonds is 3. The summed E-state index contributed by atoms with van der Waals surface area (Å²) in [5.74, 6) is -1.12. The van der Waals surface area contributed by atoms with Crippen LogP contribution in [0.25, 0.3) is 0 Å². The normalized spacial score (nSPS) is 30.8. The van der Waals surface area contributed by atoms with Crippen molar-refractivity contribution in [3.8, 4) is 0 Å². The number of fused-ring (bicyclic) bond motifs is 1. The lowest BCUT2D eigenvalue weighted by Crippen LogP contribution is -2.67. The third kappa shape index (κ3) is 1.70. The van der Waals surface area contributed by atoms with Crippen molar-refractivity contribution in [3.63, 3.8) is 0 Å². The second kappa shape index (κ2) is 4.39. The summed E-state index contributed by atoms with van der Waals surface area (Å²) in [5, 5.41) is -1.02. The molecule has 1 aromatic carbocycles. The number of sulfone groups is 1. The Morgan fingerprint density at radius 1 is 1.30 bits per heavy atom. The molecule has 106 valence electrons. The molecule has 3 atom stereocenters. The Hall–Kier alpha value is -1.73. The van der Waals surface area contributed by atoms with Crippen LogP contribution < -0.4 is 0 Å². The monoisotopic (exact) mass is 295 g/mol. The van der Waals surface area contributed by atoms with E-state index < -0.39 is 33.3 Å². The standard InChI is InChI=1S/C13H13NO5S/c1-19-11-12(16)14-9(7-20(17,18)13(11)14)10(15)8-5-3-2-4-6-8/h2-6,9,11,13H,7H2,1H3/t9?,11-,13-/m0/s1. The second-order valence-electron chi connectivity index (χ2n) is 4.87. The summed E-state index contributed by atoms with van der Waals surface area (Å²) >= 11 is 0. The minimum absolute atomic E-state index is 0.336. The zero-order valence-corrected chi connectivity index (χ0v) is 11.5. The van der Waals surface area contributed by atoms with Gasteiger partial charge in [0.25, 0.3) is 5.91 Å². The molecule has 1 amide bonds. The number of benzene rings is 1. The molecule has 0 aromatic heterocycles. The summed E-state index contributed by atoms with van der Waals surface area (Å²) in [6.07, 6.45) is -0.978. The topological polar surface area (TPSA) is 80.8 Å². The lowest BCUT2D eigenvalue weighted by atomic mass is 10.00. The van der Waals surface area contributed by atoms with Gasteiger partial charge in [0, 0.05) is 12.7 Å². The van der Waals surface area contributed by atoms with E-state index in [-0.39, 0.29) is 11.5 Å². The van der Waals surface area contributed by atoms with Crippen molar-refractivity contribution in [2.24, 2.45) is 0 Å². The molecule has 2 fully saturated rings. The smallest absolute Gasteiger partial charge is 0.256 e. The van der Waals surface area contributed by atoms with Crippen molar-refractivity contribution in [2.45, 2.75) is 17.5 Å². The highest BCUT2D eigenvalue weighted by molar-refractivity contribution is 7.92. The summed E-state index contributed by atoms with van der Waals surface area (Å²) in [6, 6.07) is 7.45. The fourth-order valence-electron chi connectivity index (χ4n) is 2.76. The highest BCUT2D eigenvalue weighted by atomic mass is 32.2. The maximum absolute atomic E-state index is 12.4. The number of β-lactam (4-membered cyclic amide) rings is 1. The van der Waals surface area contributed by atoms with E-state index in [1.54, 1.807) is 30.3 Å². The number of Topliss-reactive ketones (excluding diaryl/α,β-unsaturated/α-hetero) is 1. The minimum Gasteiger partial charge on any atom is -0.368 e. The molecule has 0 N–H and O–H groups in total. The first-order valence-electron chi connectivity index (χ1n) is 6.13. The van der Waals surface area contributed by atoms with Gasteiger partial charge in [0.15, 0.2) is 27.1 Å². The molecule has 2 saturated heterocycles. The molecule has 0 bridgehead atoms. The zero-order chi connectivity index (χ0) is 14.5. The Labute approximate surface area is 116 Å². The maximum atomic E-state index is 12.4. The number of amides is 1. The molecule has 2 aliphatic heterocycles. The molecule has 0 aliphatic carbocycles. The van der Waals surface area contributed by atoms with Crippen LogP contribution in [-0.2, 0) is 19.4 Å². The molecule has 6 nitrogen and oxygen atoms in total. The molecule has 2 aliphatic rings. The Morgan fingerprint density at radius 2 is 1.95 bits per heavy atom. The summed E-state index contributed by atoms with van der Waals surface area (Å²) in [5.41, 5.74) is 0.405. The van der Waals surface area contributed by atoms with E-state index >= 15 is 0 Å². The van der Waals surface area contributed by atoms with Crippen molar-refractivity contribution in [1.29, 1.82) is 0 Å². The number of nitrogens with zero attached hydrogens (tertiary/aromatic N) is 1. The van der Waals surface area contributed by atoms with Gasteiger partial charge in [0.1, 0.15) is 6.04 Å². The molecule has 1 unspecified atom stereocenters. The first kappa shape index (κ1) is 13.3. The first-order chi connectivity index (χ1) is 9.47. The Kier molecular flexibility index (Phi) is 2.91. The van der Waals surface area contributed by atoms with E-state index in [4.69, 9.17) is 4.74 Å². The van der Waals surface area contributed by atoms with Gasteiger partial charge >= 0.3 is 0 Å². The molecular formula is C13H13NO5S. The SMILES string of the molecule is CO[C@H]1C(=O)N2C(C(=O)c3ccccc3)CS(=O)(=O)[C@@H]12. The quantitative estimate of drug-likeness (QED) is 0.572. The van der Waals surface area contributed by atoms with E-state index in [1.807, 2.05) is 0 Å². The first-order valence-corrected chi connectivity index (χ1v) is 7.84. The number of carbonyl (C=O) groups is 2. The molecule has 20 heavy (non-hydrogen) atoms. The van der Waals surface area contributed by atoms with Crippen LogP contribution in [0, 0.1) is 0 Å². The van der Waals surface area contributed by atoms with Crippen LogP contribution in [0.1, 0.15) is 10.4 Å². The van der Waals surface area contributed by atoms with Crippen molar-refractivity contribution in [3.05, 3.63) is 35.9 Å². The predicted octanol–water partition coefficient (Wildman–Crippen LogP) is -0.150. The van der Waals surface area contributed by atoms with Gasteiger partial charge in [-0.2, -0.15) is 0 Å². The minimum atomic E-state index is -3.52. The third-order valence-corrected chi connectivity index (χ3v) is 5.73. The molecule has 0 radical (unpaired) electrons. The lowest BCUT2D eigenvalue weighted by Gasteiger charge is -2.42. The molecule has 7 heteroatoms. The zero-order valence-electron chi connectivity index (χ0n) is 10.7. The lowest BCUT2D eigenvalue weighted by molar-refractivity contribution is -0.163. The summed E-state index contributed by atoms with van der Waals surface area (Å²) in [4.78, 5) is 25.4. The van der Waals surface area contributed by atoms with Gasteiger partial charge in [-0.15, -0.1) is 0 Å². The molecule has 3 rings (SSSR count). The van der Waals surface area contributed by atoms with Crippen LogP contribution >= 0.6 is 0 Å².